The van der Waals surface area contributed by atoms with Crippen LogP contribution in [0.5, 0.6) is 0 Å². The zero-order valence-corrected chi connectivity index (χ0v) is 5.93. The number of benzene rings is 1. The molecule has 0 aliphatic rings. The predicted octanol–water partition coefficient (Wildman–Crippen LogP) is 2.08. The molecule has 0 aromatic heterocycles. The predicted molar refractivity (Wildman–Crippen MR) is 40.6 cm³/mol. The number of anilines is 1. The van der Waals surface area contributed by atoms with Crippen molar-refractivity contribution < 1.29 is 8.78 Å². The third-order valence-electron chi connectivity index (χ3n) is 1.43. The molecule has 0 heterocycles. The molecule has 1 aromatic rings. The van der Waals surface area contributed by atoms with E-state index in [0.717, 1.165) is 0 Å². The van der Waals surface area contributed by atoms with Gasteiger partial charge in [0.2, 0.25) is 6.43 Å². The van der Waals surface area contributed by atoms with Crippen LogP contribution in [0.3, 0.4) is 0 Å². The van der Waals surface area contributed by atoms with Gasteiger partial charge in [0.25, 0.3) is 0 Å². The van der Waals surface area contributed by atoms with Gasteiger partial charge in [-0.05, 0) is 11.6 Å². The fraction of sp³-hybridized carbons (Fsp3) is 0.250. The Bertz CT molecular complexity index is 235. The lowest BCUT2D eigenvalue weighted by atomic mass is 10.1. The summed E-state index contributed by atoms with van der Waals surface area (Å²) < 4.78 is 23.7. The van der Waals surface area contributed by atoms with E-state index in [0.29, 0.717) is 11.3 Å². The summed E-state index contributed by atoms with van der Waals surface area (Å²) in [6.07, 6.45) is -2.58. The molecule has 2 N–H and O–H groups in total. The number of hydrogen-bond donors (Lipinski definition) is 1. The van der Waals surface area contributed by atoms with Gasteiger partial charge in [0.15, 0.2) is 0 Å². The highest BCUT2D eigenvalue weighted by atomic mass is 19.3. The summed E-state index contributed by atoms with van der Waals surface area (Å²) in [5.74, 6) is 0. The molecule has 0 saturated carbocycles. The summed E-state index contributed by atoms with van der Waals surface area (Å²) in [6.45, 7) is 0. The minimum absolute atomic E-state index is 0.257. The summed E-state index contributed by atoms with van der Waals surface area (Å²) in [5, 5.41) is 0. The highest BCUT2D eigenvalue weighted by Gasteiger charge is 2.05. The second-order valence-corrected chi connectivity index (χ2v) is 2.29. The summed E-state index contributed by atoms with van der Waals surface area (Å²) in [4.78, 5) is 0. The van der Waals surface area contributed by atoms with Crippen LogP contribution in [0.2, 0.25) is 0 Å². The van der Waals surface area contributed by atoms with Crippen molar-refractivity contribution in [2.45, 2.75) is 12.8 Å². The van der Waals surface area contributed by atoms with E-state index in [-0.39, 0.29) is 6.42 Å². The molecule has 0 aliphatic carbocycles. The highest BCUT2D eigenvalue weighted by molar-refractivity contribution is 5.46. The average molecular weight is 157 g/mol. The molecule has 11 heavy (non-hydrogen) atoms. The number of halogens is 2. The first-order chi connectivity index (χ1) is 5.20. The number of rotatable bonds is 2. The Hall–Kier alpha value is -1.12. The summed E-state index contributed by atoms with van der Waals surface area (Å²) >= 11 is 0. The van der Waals surface area contributed by atoms with Gasteiger partial charge < -0.3 is 5.73 Å². The fourth-order valence-corrected chi connectivity index (χ4v) is 0.886. The van der Waals surface area contributed by atoms with Crippen LogP contribution < -0.4 is 5.73 Å². The van der Waals surface area contributed by atoms with E-state index in [9.17, 15) is 8.78 Å². The van der Waals surface area contributed by atoms with Crippen molar-refractivity contribution in [2.75, 3.05) is 5.73 Å². The maximum atomic E-state index is 11.8. The van der Waals surface area contributed by atoms with Gasteiger partial charge in [-0.15, -0.1) is 0 Å². The molecule has 0 amide bonds. The lowest BCUT2D eigenvalue weighted by molar-refractivity contribution is 0.149. The Balaban J connectivity index is 2.78. The van der Waals surface area contributed by atoms with Crippen molar-refractivity contribution in [3.05, 3.63) is 29.8 Å². The molecule has 1 rings (SSSR count). The van der Waals surface area contributed by atoms with E-state index in [1.165, 1.54) is 0 Å². The largest absolute Gasteiger partial charge is 0.399 e. The molecule has 0 atom stereocenters. The smallest absolute Gasteiger partial charge is 0.242 e. The maximum Gasteiger partial charge on any atom is 0.242 e. The molecular weight excluding hydrogens is 148 g/mol. The summed E-state index contributed by atoms with van der Waals surface area (Å²) in [5.41, 5.74) is 6.39. The van der Waals surface area contributed by atoms with E-state index in [2.05, 4.69) is 0 Å². The van der Waals surface area contributed by atoms with Gasteiger partial charge in [-0.1, -0.05) is 18.2 Å². The van der Waals surface area contributed by atoms with Crippen molar-refractivity contribution >= 4 is 5.69 Å². The topological polar surface area (TPSA) is 26.0 Å². The number of para-hydroxylation sites is 1. The van der Waals surface area contributed by atoms with Crippen LogP contribution in [-0.2, 0) is 6.42 Å². The number of hydrogen-bond acceptors (Lipinski definition) is 1. The molecule has 1 aromatic carbocycles. The summed E-state index contributed by atoms with van der Waals surface area (Å²) in [6, 6.07) is 6.66. The minimum Gasteiger partial charge on any atom is -0.399 e. The molecule has 0 saturated heterocycles. The quantitative estimate of drug-likeness (QED) is 0.653. The van der Waals surface area contributed by atoms with E-state index in [1.807, 2.05) is 0 Å². The van der Waals surface area contributed by atoms with Crippen LogP contribution in [0, 0.1) is 0 Å². The van der Waals surface area contributed by atoms with E-state index in [4.69, 9.17) is 5.73 Å². The van der Waals surface area contributed by atoms with E-state index in [1.54, 1.807) is 24.3 Å². The maximum absolute atomic E-state index is 11.8. The Morgan fingerprint density at radius 3 is 2.45 bits per heavy atom. The van der Waals surface area contributed by atoms with Gasteiger partial charge in [-0.2, -0.15) is 0 Å². The average Bonchev–Trinajstić information content (AvgIpc) is 1.93. The zero-order valence-electron chi connectivity index (χ0n) is 5.93. The molecule has 0 radical (unpaired) electrons. The van der Waals surface area contributed by atoms with Crippen LogP contribution in [0.4, 0.5) is 14.5 Å². The summed E-state index contributed by atoms with van der Waals surface area (Å²) in [7, 11) is 0. The van der Waals surface area contributed by atoms with Crippen molar-refractivity contribution in [3.8, 4) is 0 Å². The molecule has 1 nitrogen and oxygen atoms in total. The zero-order chi connectivity index (χ0) is 8.27. The first kappa shape index (κ1) is 7.98. The normalized spacial score (nSPS) is 10.5. The van der Waals surface area contributed by atoms with E-state index >= 15 is 0 Å². The van der Waals surface area contributed by atoms with Crippen molar-refractivity contribution in [2.24, 2.45) is 0 Å². The van der Waals surface area contributed by atoms with E-state index < -0.39 is 6.43 Å². The molecular formula is C8H9F2N. The fourth-order valence-electron chi connectivity index (χ4n) is 0.886. The van der Waals surface area contributed by atoms with Gasteiger partial charge in [-0.25, -0.2) is 8.78 Å². The van der Waals surface area contributed by atoms with Crippen LogP contribution in [0.1, 0.15) is 5.56 Å². The van der Waals surface area contributed by atoms with Crippen molar-refractivity contribution in [1.82, 2.24) is 0 Å². The Morgan fingerprint density at radius 2 is 1.91 bits per heavy atom. The molecule has 0 bridgehead atoms. The SMILES string of the molecule is Nc1ccccc1CC(F)F. The molecule has 0 unspecified atom stereocenters. The van der Waals surface area contributed by atoms with Gasteiger partial charge in [0.05, 0.1) is 0 Å². The number of nitrogens with two attached hydrogens (primary N) is 1. The molecule has 0 aliphatic heterocycles. The second-order valence-electron chi connectivity index (χ2n) is 2.29. The Labute approximate surface area is 63.8 Å². The Kier molecular flexibility index (Phi) is 2.41. The van der Waals surface area contributed by atoms with Crippen LogP contribution >= 0.6 is 0 Å². The second kappa shape index (κ2) is 3.32. The molecule has 0 fully saturated rings. The van der Waals surface area contributed by atoms with Crippen LogP contribution in [0.25, 0.3) is 0 Å². The van der Waals surface area contributed by atoms with Crippen molar-refractivity contribution in [3.63, 3.8) is 0 Å². The first-order valence-corrected chi connectivity index (χ1v) is 3.31. The standard InChI is InChI=1S/C8H9F2N/c9-8(10)5-6-3-1-2-4-7(6)11/h1-4,8H,5,11H2. The van der Waals surface area contributed by atoms with Gasteiger partial charge in [0.1, 0.15) is 0 Å². The van der Waals surface area contributed by atoms with Crippen LogP contribution in [0.15, 0.2) is 24.3 Å². The number of nitrogen functional groups attached to an aromatic ring is 1. The third kappa shape index (κ3) is 2.18. The first-order valence-electron chi connectivity index (χ1n) is 3.31. The highest BCUT2D eigenvalue weighted by Crippen LogP contribution is 2.14. The molecule has 0 spiro atoms. The van der Waals surface area contributed by atoms with Crippen molar-refractivity contribution in [1.29, 1.82) is 0 Å². The monoisotopic (exact) mass is 157 g/mol. The minimum atomic E-state index is -2.32. The number of alkyl halides is 2. The van der Waals surface area contributed by atoms with Crippen LogP contribution in [-0.4, -0.2) is 6.43 Å². The Morgan fingerprint density at radius 1 is 1.27 bits per heavy atom. The lowest BCUT2D eigenvalue weighted by Gasteiger charge is -2.02. The van der Waals surface area contributed by atoms with Gasteiger partial charge in [0, 0.05) is 12.1 Å². The van der Waals surface area contributed by atoms with Gasteiger partial charge in [-0.3, -0.25) is 0 Å². The third-order valence-corrected chi connectivity index (χ3v) is 1.43. The van der Waals surface area contributed by atoms with Gasteiger partial charge >= 0.3 is 0 Å². The lowest BCUT2D eigenvalue weighted by Crippen LogP contribution is -2.00. The molecule has 3 heteroatoms. The molecule has 60 valence electrons.